The van der Waals surface area contributed by atoms with Gasteiger partial charge in [-0.1, -0.05) is 0 Å². The van der Waals surface area contributed by atoms with Gasteiger partial charge in [0.15, 0.2) is 0 Å². The zero-order valence-corrected chi connectivity index (χ0v) is 12.3. The molecule has 0 aromatic rings. The van der Waals surface area contributed by atoms with E-state index < -0.39 is 5.54 Å². The first-order valence-corrected chi connectivity index (χ1v) is 7.24. The van der Waals surface area contributed by atoms with Gasteiger partial charge < -0.3 is 14.8 Å². The van der Waals surface area contributed by atoms with Crippen LogP contribution < -0.4 is 5.32 Å². The van der Waals surface area contributed by atoms with Gasteiger partial charge in [0, 0.05) is 19.1 Å². The Labute approximate surface area is 115 Å². The molecule has 0 aromatic carbocycles. The van der Waals surface area contributed by atoms with E-state index in [2.05, 4.69) is 17.1 Å². The van der Waals surface area contributed by atoms with Crippen LogP contribution in [-0.2, 0) is 14.3 Å². The molecule has 110 valence electrons. The van der Waals surface area contributed by atoms with Crippen molar-refractivity contribution >= 4 is 5.97 Å². The molecule has 1 N–H and O–H groups in total. The first-order chi connectivity index (χ1) is 9.11. The van der Waals surface area contributed by atoms with Crippen molar-refractivity contribution in [3.63, 3.8) is 0 Å². The van der Waals surface area contributed by atoms with Crippen molar-refractivity contribution in [2.24, 2.45) is 0 Å². The number of nitrogens with zero attached hydrogens (tertiary/aromatic N) is 1. The summed E-state index contributed by atoms with van der Waals surface area (Å²) in [5, 5.41) is 3.22. The molecule has 0 spiro atoms. The van der Waals surface area contributed by atoms with Crippen LogP contribution >= 0.6 is 0 Å². The minimum absolute atomic E-state index is 0.124. The summed E-state index contributed by atoms with van der Waals surface area (Å²) in [6.45, 7) is 4.84. The lowest BCUT2D eigenvalue weighted by molar-refractivity contribution is -0.151. The molecule has 1 saturated heterocycles. The monoisotopic (exact) mass is 270 g/mol. The highest BCUT2D eigenvalue weighted by Crippen LogP contribution is 2.32. The summed E-state index contributed by atoms with van der Waals surface area (Å²) in [5.74, 6) is -0.124. The van der Waals surface area contributed by atoms with Gasteiger partial charge in [-0.25, -0.2) is 0 Å². The molecular weight excluding hydrogens is 244 g/mol. The summed E-state index contributed by atoms with van der Waals surface area (Å²) in [4.78, 5) is 14.6. The van der Waals surface area contributed by atoms with Crippen molar-refractivity contribution < 1.29 is 14.3 Å². The SMILES string of the molecule is CNC1(C(=O)OC)CCCC(N2CCOC(C)C2)C1. The van der Waals surface area contributed by atoms with Gasteiger partial charge in [-0.2, -0.15) is 0 Å². The second-order valence-corrected chi connectivity index (χ2v) is 5.75. The summed E-state index contributed by atoms with van der Waals surface area (Å²) in [5.41, 5.74) is -0.501. The minimum Gasteiger partial charge on any atom is -0.468 e. The fourth-order valence-corrected chi connectivity index (χ4v) is 3.44. The van der Waals surface area contributed by atoms with E-state index in [1.54, 1.807) is 0 Å². The number of hydrogen-bond acceptors (Lipinski definition) is 5. The number of ether oxygens (including phenoxy) is 2. The Morgan fingerprint density at radius 3 is 2.95 bits per heavy atom. The van der Waals surface area contributed by atoms with E-state index in [-0.39, 0.29) is 12.1 Å². The fraction of sp³-hybridized carbons (Fsp3) is 0.929. The predicted molar refractivity (Wildman–Crippen MR) is 73.0 cm³/mol. The predicted octanol–water partition coefficient (Wildman–Crippen LogP) is 0.781. The van der Waals surface area contributed by atoms with Crippen LogP contribution in [0.2, 0.25) is 0 Å². The van der Waals surface area contributed by atoms with Crippen LogP contribution in [-0.4, -0.2) is 62.4 Å². The van der Waals surface area contributed by atoms with Gasteiger partial charge in [-0.05, 0) is 39.7 Å². The van der Waals surface area contributed by atoms with Gasteiger partial charge in [-0.15, -0.1) is 0 Å². The molecule has 0 bridgehead atoms. The highest BCUT2D eigenvalue weighted by atomic mass is 16.5. The first-order valence-electron chi connectivity index (χ1n) is 7.24. The largest absolute Gasteiger partial charge is 0.468 e. The van der Waals surface area contributed by atoms with E-state index >= 15 is 0 Å². The Morgan fingerprint density at radius 2 is 2.32 bits per heavy atom. The fourth-order valence-electron chi connectivity index (χ4n) is 3.44. The molecule has 2 rings (SSSR count). The van der Waals surface area contributed by atoms with Gasteiger partial charge in [0.25, 0.3) is 0 Å². The van der Waals surface area contributed by atoms with Gasteiger partial charge in [0.05, 0.1) is 19.8 Å². The molecular formula is C14H26N2O3. The molecule has 1 aliphatic heterocycles. The molecule has 2 aliphatic rings. The quantitative estimate of drug-likeness (QED) is 0.768. The van der Waals surface area contributed by atoms with Crippen LogP contribution in [0, 0.1) is 0 Å². The molecule has 2 fully saturated rings. The van der Waals surface area contributed by atoms with Crippen molar-refractivity contribution in [2.75, 3.05) is 33.9 Å². The van der Waals surface area contributed by atoms with Gasteiger partial charge in [0.2, 0.25) is 0 Å². The van der Waals surface area contributed by atoms with E-state index in [0.29, 0.717) is 6.04 Å². The number of nitrogens with one attached hydrogen (secondary N) is 1. The standard InChI is InChI=1S/C14H26N2O3/c1-11-10-16(7-8-19-11)12-5-4-6-14(9-12,15-2)13(17)18-3/h11-12,15H,4-10H2,1-3H3. The zero-order chi connectivity index (χ0) is 13.9. The lowest BCUT2D eigenvalue weighted by Gasteiger charge is -2.45. The van der Waals surface area contributed by atoms with Crippen molar-refractivity contribution in [3.8, 4) is 0 Å². The van der Waals surface area contributed by atoms with E-state index in [4.69, 9.17) is 9.47 Å². The number of methoxy groups -OCH3 is 1. The molecule has 3 atom stereocenters. The average Bonchev–Trinajstić information content (AvgIpc) is 2.46. The summed E-state index contributed by atoms with van der Waals surface area (Å²) in [6.07, 6.45) is 4.22. The summed E-state index contributed by atoms with van der Waals surface area (Å²) in [6, 6.07) is 0.451. The summed E-state index contributed by atoms with van der Waals surface area (Å²) in [7, 11) is 3.34. The Hall–Kier alpha value is -0.650. The van der Waals surface area contributed by atoms with Crippen LogP contribution in [0.3, 0.4) is 0 Å². The smallest absolute Gasteiger partial charge is 0.326 e. The number of morpholine rings is 1. The highest BCUT2D eigenvalue weighted by molar-refractivity contribution is 5.81. The van der Waals surface area contributed by atoms with E-state index in [9.17, 15) is 4.79 Å². The van der Waals surface area contributed by atoms with Crippen molar-refractivity contribution in [3.05, 3.63) is 0 Å². The van der Waals surface area contributed by atoms with Crippen molar-refractivity contribution in [1.29, 1.82) is 0 Å². The number of hydrogen-bond donors (Lipinski definition) is 1. The second kappa shape index (κ2) is 6.20. The molecule has 5 heteroatoms. The maximum Gasteiger partial charge on any atom is 0.326 e. The van der Waals surface area contributed by atoms with Gasteiger partial charge in [-0.3, -0.25) is 9.69 Å². The lowest BCUT2D eigenvalue weighted by Crippen LogP contribution is -2.59. The van der Waals surface area contributed by atoms with Crippen molar-refractivity contribution in [2.45, 2.75) is 50.3 Å². The lowest BCUT2D eigenvalue weighted by atomic mass is 9.78. The number of rotatable bonds is 3. The normalized spacial score (nSPS) is 37.0. The topological polar surface area (TPSA) is 50.8 Å². The molecule has 1 aliphatic carbocycles. The average molecular weight is 270 g/mol. The Bertz CT molecular complexity index is 324. The minimum atomic E-state index is -0.501. The zero-order valence-electron chi connectivity index (χ0n) is 12.3. The van der Waals surface area contributed by atoms with E-state index in [1.165, 1.54) is 7.11 Å². The highest BCUT2D eigenvalue weighted by Gasteiger charge is 2.44. The molecule has 0 amide bonds. The maximum absolute atomic E-state index is 12.1. The Balaban J connectivity index is 2.05. The molecule has 1 heterocycles. The third kappa shape index (κ3) is 3.09. The Kier molecular flexibility index (Phi) is 4.81. The molecule has 3 unspecified atom stereocenters. The van der Waals surface area contributed by atoms with Gasteiger partial charge >= 0.3 is 5.97 Å². The van der Waals surface area contributed by atoms with Crippen LogP contribution in [0.4, 0.5) is 0 Å². The van der Waals surface area contributed by atoms with Crippen LogP contribution in [0.5, 0.6) is 0 Å². The van der Waals surface area contributed by atoms with Crippen LogP contribution in [0.15, 0.2) is 0 Å². The number of carbonyl (C=O) groups is 1. The first kappa shape index (κ1) is 14.8. The van der Waals surface area contributed by atoms with Crippen molar-refractivity contribution in [1.82, 2.24) is 10.2 Å². The molecule has 5 nitrogen and oxygen atoms in total. The van der Waals surface area contributed by atoms with E-state index in [0.717, 1.165) is 45.4 Å². The second-order valence-electron chi connectivity index (χ2n) is 5.75. The summed E-state index contributed by atoms with van der Waals surface area (Å²) < 4.78 is 10.6. The number of likely N-dealkylation sites (N-methyl/N-ethyl adjacent to an activating group) is 1. The van der Waals surface area contributed by atoms with Crippen LogP contribution in [0.1, 0.15) is 32.6 Å². The molecule has 0 aromatic heterocycles. The van der Waals surface area contributed by atoms with Gasteiger partial charge in [0.1, 0.15) is 5.54 Å². The summed E-state index contributed by atoms with van der Waals surface area (Å²) >= 11 is 0. The maximum atomic E-state index is 12.1. The van der Waals surface area contributed by atoms with Crippen LogP contribution in [0.25, 0.3) is 0 Å². The Morgan fingerprint density at radius 1 is 1.53 bits per heavy atom. The number of carbonyl (C=O) groups excluding carboxylic acids is 1. The third-order valence-electron chi connectivity index (χ3n) is 4.57. The molecule has 19 heavy (non-hydrogen) atoms. The van der Waals surface area contributed by atoms with E-state index in [1.807, 2.05) is 7.05 Å². The molecule has 0 radical (unpaired) electrons. The number of esters is 1. The third-order valence-corrected chi connectivity index (χ3v) is 4.57. The molecule has 1 saturated carbocycles.